The minimum atomic E-state index is -3.33. The highest BCUT2D eigenvalue weighted by molar-refractivity contribution is 7.92. The molecule has 164 valence electrons. The van der Waals surface area contributed by atoms with Crippen molar-refractivity contribution in [3.8, 4) is 11.5 Å². The van der Waals surface area contributed by atoms with Gasteiger partial charge in [-0.2, -0.15) is 0 Å². The second kappa shape index (κ2) is 9.70. The summed E-state index contributed by atoms with van der Waals surface area (Å²) in [5, 5.41) is 4.92. The lowest BCUT2D eigenvalue weighted by atomic mass is 10.1. The van der Waals surface area contributed by atoms with Crippen molar-refractivity contribution in [1.82, 2.24) is 5.32 Å². The van der Waals surface area contributed by atoms with Gasteiger partial charge in [-0.05, 0) is 42.6 Å². The Kier molecular flexibility index (Phi) is 7.02. The maximum Gasteiger partial charge on any atom is 0.260 e. The molecule has 0 aliphatic rings. The van der Waals surface area contributed by atoms with Crippen LogP contribution in [-0.4, -0.2) is 46.9 Å². The van der Waals surface area contributed by atoms with E-state index >= 15 is 0 Å². The summed E-state index contributed by atoms with van der Waals surface area (Å²) >= 11 is 0. The molecule has 1 N–H and O–H groups in total. The van der Waals surface area contributed by atoms with Gasteiger partial charge in [0.25, 0.3) is 5.91 Å². The summed E-state index contributed by atoms with van der Waals surface area (Å²) in [6.45, 7) is 2.32. The third-order valence-electron chi connectivity index (χ3n) is 4.79. The summed E-state index contributed by atoms with van der Waals surface area (Å²) in [6.07, 6.45) is 0.421. The fraction of sp³-hybridized carbons (Fsp3) is 0.261. The van der Waals surface area contributed by atoms with Crippen LogP contribution in [0.1, 0.15) is 6.92 Å². The molecule has 0 saturated carbocycles. The van der Waals surface area contributed by atoms with E-state index in [0.29, 0.717) is 24.6 Å². The molecule has 0 bridgehead atoms. The quantitative estimate of drug-likeness (QED) is 0.515. The molecule has 0 aliphatic carbocycles. The van der Waals surface area contributed by atoms with E-state index in [4.69, 9.17) is 9.47 Å². The highest BCUT2D eigenvalue weighted by Gasteiger charge is 2.15. The summed E-state index contributed by atoms with van der Waals surface area (Å²) < 4.78 is 35.8. The van der Waals surface area contributed by atoms with Crippen LogP contribution in [-0.2, 0) is 14.8 Å². The first-order chi connectivity index (χ1) is 14.8. The van der Waals surface area contributed by atoms with Crippen molar-refractivity contribution in [3.63, 3.8) is 0 Å². The van der Waals surface area contributed by atoms with Crippen molar-refractivity contribution < 1.29 is 22.7 Å². The van der Waals surface area contributed by atoms with Crippen LogP contribution >= 0.6 is 0 Å². The van der Waals surface area contributed by atoms with Crippen molar-refractivity contribution in [2.24, 2.45) is 0 Å². The molecule has 0 aliphatic heterocycles. The Labute approximate surface area is 182 Å². The zero-order chi connectivity index (χ0) is 22.4. The Morgan fingerprint density at radius 1 is 1.03 bits per heavy atom. The molecule has 0 fully saturated rings. The van der Waals surface area contributed by atoms with Gasteiger partial charge in [0, 0.05) is 12.4 Å². The van der Waals surface area contributed by atoms with E-state index in [0.717, 1.165) is 22.8 Å². The molecule has 0 unspecified atom stereocenters. The molecule has 3 rings (SSSR count). The van der Waals surface area contributed by atoms with Crippen LogP contribution in [0.4, 0.5) is 5.69 Å². The van der Waals surface area contributed by atoms with Crippen LogP contribution in [0.15, 0.2) is 66.7 Å². The minimum Gasteiger partial charge on any atom is -0.491 e. The number of rotatable bonds is 9. The van der Waals surface area contributed by atoms with Gasteiger partial charge >= 0.3 is 0 Å². The van der Waals surface area contributed by atoms with Crippen LogP contribution in [0.2, 0.25) is 0 Å². The molecular formula is C23H26N2O5S. The average molecular weight is 443 g/mol. The normalized spacial score (nSPS) is 12.2. The van der Waals surface area contributed by atoms with Crippen molar-refractivity contribution in [1.29, 1.82) is 0 Å². The molecule has 0 aromatic heterocycles. The molecule has 3 aromatic carbocycles. The predicted molar refractivity (Wildman–Crippen MR) is 122 cm³/mol. The average Bonchev–Trinajstić information content (AvgIpc) is 2.76. The highest BCUT2D eigenvalue weighted by Crippen LogP contribution is 2.25. The van der Waals surface area contributed by atoms with Crippen molar-refractivity contribution >= 4 is 32.4 Å². The van der Waals surface area contributed by atoms with E-state index in [1.54, 1.807) is 31.2 Å². The predicted octanol–water partition coefficient (Wildman–Crippen LogP) is 3.20. The first-order valence-electron chi connectivity index (χ1n) is 9.84. The third-order valence-corrected chi connectivity index (χ3v) is 5.99. The summed E-state index contributed by atoms with van der Waals surface area (Å²) in [7, 11) is -1.86. The molecule has 8 heteroatoms. The lowest BCUT2D eigenvalue weighted by molar-refractivity contribution is -0.127. The molecule has 0 heterocycles. The molecule has 3 aromatic rings. The molecule has 1 atom stereocenters. The summed E-state index contributed by atoms with van der Waals surface area (Å²) in [5.41, 5.74) is 0.512. The number of hydrogen-bond acceptors (Lipinski definition) is 5. The Morgan fingerprint density at radius 2 is 1.71 bits per heavy atom. The number of anilines is 1. The number of nitrogens with one attached hydrogen (secondary N) is 1. The second-order valence-electron chi connectivity index (χ2n) is 7.10. The van der Waals surface area contributed by atoms with Gasteiger partial charge < -0.3 is 14.8 Å². The Hall–Kier alpha value is -3.26. The maximum atomic E-state index is 12.3. The van der Waals surface area contributed by atoms with E-state index < -0.39 is 16.1 Å². The SMILES string of the molecule is C[C@@H](Oc1ccc(N(C)S(C)(=O)=O)cc1)C(=O)NCCOc1cccc2ccccc12. The number of ether oxygens (including phenoxy) is 2. The van der Waals surface area contributed by atoms with E-state index in [9.17, 15) is 13.2 Å². The summed E-state index contributed by atoms with van der Waals surface area (Å²) in [4.78, 5) is 12.3. The van der Waals surface area contributed by atoms with Crippen LogP contribution in [0.25, 0.3) is 10.8 Å². The summed E-state index contributed by atoms with van der Waals surface area (Å²) in [5.74, 6) is 0.981. The van der Waals surface area contributed by atoms with Crippen molar-refractivity contribution in [2.45, 2.75) is 13.0 Å². The van der Waals surface area contributed by atoms with Crippen LogP contribution in [0.3, 0.4) is 0 Å². The van der Waals surface area contributed by atoms with Crippen molar-refractivity contribution in [2.75, 3.05) is 30.8 Å². The number of nitrogens with zero attached hydrogens (tertiary/aromatic N) is 1. The van der Waals surface area contributed by atoms with Crippen LogP contribution in [0, 0.1) is 0 Å². The molecule has 31 heavy (non-hydrogen) atoms. The number of carbonyl (C=O) groups is 1. The molecular weight excluding hydrogens is 416 g/mol. The standard InChI is InChI=1S/C23H26N2O5S/c1-17(30-20-13-11-19(12-14-20)25(2)31(3,27)28)23(26)24-15-16-29-22-10-6-8-18-7-4-5-9-21(18)22/h4-14,17H,15-16H2,1-3H3,(H,24,26)/t17-/m1/s1. The zero-order valence-corrected chi connectivity index (χ0v) is 18.6. The number of benzene rings is 3. The van der Waals surface area contributed by atoms with Crippen LogP contribution in [0.5, 0.6) is 11.5 Å². The fourth-order valence-corrected chi connectivity index (χ4v) is 3.49. The zero-order valence-electron chi connectivity index (χ0n) is 17.7. The Bertz CT molecular complexity index is 1140. The van der Waals surface area contributed by atoms with Gasteiger partial charge in [-0.25, -0.2) is 8.42 Å². The van der Waals surface area contributed by atoms with Gasteiger partial charge in [-0.3, -0.25) is 9.10 Å². The lowest BCUT2D eigenvalue weighted by Gasteiger charge is -2.18. The van der Waals surface area contributed by atoms with E-state index in [1.807, 2.05) is 42.5 Å². The van der Waals surface area contributed by atoms with Gasteiger partial charge in [-0.15, -0.1) is 0 Å². The second-order valence-corrected chi connectivity index (χ2v) is 9.12. The van der Waals surface area contributed by atoms with Gasteiger partial charge in [0.05, 0.1) is 18.5 Å². The van der Waals surface area contributed by atoms with Gasteiger partial charge in [-0.1, -0.05) is 36.4 Å². The highest BCUT2D eigenvalue weighted by atomic mass is 32.2. The van der Waals surface area contributed by atoms with Gasteiger partial charge in [0.15, 0.2) is 6.10 Å². The summed E-state index contributed by atoms with van der Waals surface area (Å²) in [6, 6.07) is 20.3. The number of carbonyl (C=O) groups excluding carboxylic acids is 1. The number of amides is 1. The number of fused-ring (bicyclic) bond motifs is 1. The number of sulfonamides is 1. The first kappa shape index (κ1) is 22.4. The monoisotopic (exact) mass is 442 g/mol. The van der Waals surface area contributed by atoms with Gasteiger partial charge in [0.1, 0.15) is 18.1 Å². The Morgan fingerprint density at radius 3 is 2.42 bits per heavy atom. The number of hydrogen-bond donors (Lipinski definition) is 1. The third kappa shape index (κ3) is 5.88. The Balaban J connectivity index is 1.47. The van der Waals surface area contributed by atoms with E-state index in [-0.39, 0.29) is 5.91 Å². The van der Waals surface area contributed by atoms with E-state index in [2.05, 4.69) is 5.32 Å². The van der Waals surface area contributed by atoms with Crippen LogP contribution < -0.4 is 19.1 Å². The molecule has 0 saturated heterocycles. The molecule has 7 nitrogen and oxygen atoms in total. The molecule has 0 spiro atoms. The first-order valence-corrected chi connectivity index (χ1v) is 11.7. The maximum absolute atomic E-state index is 12.3. The van der Waals surface area contributed by atoms with E-state index in [1.165, 1.54) is 11.4 Å². The smallest absolute Gasteiger partial charge is 0.260 e. The fourth-order valence-electron chi connectivity index (χ4n) is 2.98. The van der Waals surface area contributed by atoms with Gasteiger partial charge in [0.2, 0.25) is 10.0 Å². The minimum absolute atomic E-state index is 0.265. The molecule has 1 amide bonds. The topological polar surface area (TPSA) is 84.9 Å². The largest absolute Gasteiger partial charge is 0.491 e. The van der Waals surface area contributed by atoms with Crippen molar-refractivity contribution in [3.05, 3.63) is 66.7 Å². The molecule has 0 radical (unpaired) electrons. The lowest BCUT2D eigenvalue weighted by Crippen LogP contribution is -2.38.